The molecule has 0 saturated heterocycles. The maximum atomic E-state index is 12.5. The molecule has 0 heterocycles. The Hall–Kier alpha value is -0.870. The highest BCUT2D eigenvalue weighted by Crippen LogP contribution is 2.53. The number of aromatic hydroxyl groups is 1. The van der Waals surface area contributed by atoms with E-state index in [1.54, 1.807) is 38.1 Å². The van der Waals surface area contributed by atoms with Crippen molar-refractivity contribution in [2.24, 2.45) is 0 Å². The zero-order chi connectivity index (χ0) is 15.7. The van der Waals surface area contributed by atoms with Gasteiger partial charge in [-0.2, -0.15) is 0 Å². The number of unbranched alkanes of at least 4 members (excludes halogenated alkanes) is 1. The van der Waals surface area contributed by atoms with Crippen molar-refractivity contribution >= 4 is 7.82 Å². The monoisotopic (exact) mass is 316 g/mol. The number of phenolic OH excluding ortho intramolecular Hbond substituents is 1. The summed E-state index contributed by atoms with van der Waals surface area (Å²) in [6.07, 6.45) is 2.27. The molecule has 1 aromatic carbocycles. The Morgan fingerprint density at radius 1 is 1.10 bits per heavy atom. The van der Waals surface area contributed by atoms with Gasteiger partial charge < -0.3 is 5.11 Å². The van der Waals surface area contributed by atoms with Crippen molar-refractivity contribution in [1.82, 2.24) is 0 Å². The highest BCUT2D eigenvalue weighted by molar-refractivity contribution is 7.48. The molecule has 0 bridgehead atoms. The SMILES string of the molecule is CCCCC(OP(=O)(OCC)OCC)c1ccc(O)cc1. The van der Waals surface area contributed by atoms with Crippen molar-refractivity contribution in [3.05, 3.63) is 29.8 Å². The first-order valence-corrected chi connectivity index (χ1v) is 8.87. The van der Waals surface area contributed by atoms with Crippen molar-refractivity contribution in [3.63, 3.8) is 0 Å². The molecule has 0 amide bonds. The van der Waals surface area contributed by atoms with Crippen LogP contribution in [-0.4, -0.2) is 18.3 Å². The predicted molar refractivity (Wildman–Crippen MR) is 82.3 cm³/mol. The zero-order valence-electron chi connectivity index (χ0n) is 12.9. The van der Waals surface area contributed by atoms with E-state index in [1.165, 1.54) is 0 Å². The second-order valence-electron chi connectivity index (χ2n) is 4.61. The molecule has 1 unspecified atom stereocenters. The first-order chi connectivity index (χ1) is 10.0. The molecule has 0 aliphatic rings. The van der Waals surface area contributed by atoms with Gasteiger partial charge >= 0.3 is 7.82 Å². The van der Waals surface area contributed by atoms with Crippen LogP contribution in [0.1, 0.15) is 51.7 Å². The van der Waals surface area contributed by atoms with Crippen LogP contribution in [0.25, 0.3) is 0 Å². The summed E-state index contributed by atoms with van der Waals surface area (Å²) in [4.78, 5) is 0. The molecule has 6 heteroatoms. The maximum absolute atomic E-state index is 12.5. The lowest BCUT2D eigenvalue weighted by molar-refractivity contribution is 0.0785. The number of hydrogen-bond acceptors (Lipinski definition) is 5. The molecule has 0 aromatic heterocycles. The molecule has 1 N–H and O–H groups in total. The normalized spacial score (nSPS) is 13.3. The summed E-state index contributed by atoms with van der Waals surface area (Å²) in [6, 6.07) is 6.70. The Morgan fingerprint density at radius 3 is 2.14 bits per heavy atom. The fourth-order valence-corrected chi connectivity index (χ4v) is 3.30. The second-order valence-corrected chi connectivity index (χ2v) is 6.23. The first-order valence-electron chi connectivity index (χ1n) is 7.41. The van der Waals surface area contributed by atoms with E-state index in [9.17, 15) is 9.67 Å². The van der Waals surface area contributed by atoms with Crippen molar-refractivity contribution < 1.29 is 23.2 Å². The van der Waals surface area contributed by atoms with E-state index >= 15 is 0 Å². The van der Waals surface area contributed by atoms with Crippen LogP contribution in [0.5, 0.6) is 5.75 Å². The number of hydrogen-bond donors (Lipinski definition) is 1. The maximum Gasteiger partial charge on any atom is 0.475 e. The number of phenols is 1. The third-order valence-electron chi connectivity index (χ3n) is 2.92. The molecule has 0 fully saturated rings. The quantitative estimate of drug-likeness (QED) is 0.627. The van der Waals surface area contributed by atoms with Gasteiger partial charge in [-0.15, -0.1) is 0 Å². The van der Waals surface area contributed by atoms with Crippen LogP contribution in [0.4, 0.5) is 0 Å². The fraction of sp³-hybridized carbons (Fsp3) is 0.600. The molecule has 0 saturated carbocycles. The van der Waals surface area contributed by atoms with E-state index in [0.717, 1.165) is 18.4 Å². The molecule has 0 spiro atoms. The zero-order valence-corrected chi connectivity index (χ0v) is 13.8. The van der Waals surface area contributed by atoms with E-state index in [4.69, 9.17) is 13.6 Å². The van der Waals surface area contributed by atoms with Crippen LogP contribution in [0.15, 0.2) is 24.3 Å². The van der Waals surface area contributed by atoms with Gasteiger partial charge in [0.15, 0.2) is 0 Å². The molecule has 1 aromatic rings. The minimum absolute atomic E-state index is 0.186. The lowest BCUT2D eigenvalue weighted by Crippen LogP contribution is -2.07. The number of phosphoric acid groups is 1. The molecule has 1 rings (SSSR count). The average Bonchev–Trinajstić information content (AvgIpc) is 2.45. The largest absolute Gasteiger partial charge is 0.508 e. The number of phosphoric ester groups is 1. The predicted octanol–water partition coefficient (Wildman–Crippen LogP) is 4.82. The third kappa shape index (κ3) is 6.18. The summed E-state index contributed by atoms with van der Waals surface area (Å²) in [5, 5.41) is 9.37. The third-order valence-corrected chi connectivity index (χ3v) is 4.58. The van der Waals surface area contributed by atoms with Gasteiger partial charge in [0.1, 0.15) is 5.75 Å². The lowest BCUT2D eigenvalue weighted by atomic mass is 10.0. The van der Waals surface area contributed by atoms with Crippen LogP contribution in [0.3, 0.4) is 0 Å². The molecule has 5 nitrogen and oxygen atoms in total. The highest BCUT2D eigenvalue weighted by Gasteiger charge is 2.30. The molecule has 120 valence electrons. The van der Waals surface area contributed by atoms with Crippen molar-refractivity contribution in [2.45, 2.75) is 46.1 Å². The standard InChI is InChI=1S/C15H25O5P/c1-4-7-8-15(13-9-11-14(16)12-10-13)20-21(17,18-5-2)19-6-3/h9-12,15-16H,4-8H2,1-3H3. The summed E-state index contributed by atoms with van der Waals surface area (Å²) in [5.74, 6) is 0.186. The summed E-state index contributed by atoms with van der Waals surface area (Å²) >= 11 is 0. The van der Waals surface area contributed by atoms with Crippen LogP contribution in [0.2, 0.25) is 0 Å². The first kappa shape index (κ1) is 18.2. The van der Waals surface area contributed by atoms with Gasteiger partial charge in [0.05, 0.1) is 19.3 Å². The Balaban J connectivity index is 2.90. The topological polar surface area (TPSA) is 65.0 Å². The molecule has 21 heavy (non-hydrogen) atoms. The summed E-state index contributed by atoms with van der Waals surface area (Å²) < 4.78 is 28.6. The minimum Gasteiger partial charge on any atom is -0.508 e. The molecule has 1 atom stereocenters. The smallest absolute Gasteiger partial charge is 0.475 e. The van der Waals surface area contributed by atoms with E-state index in [2.05, 4.69) is 6.92 Å². The van der Waals surface area contributed by atoms with Gasteiger partial charge in [-0.3, -0.25) is 13.6 Å². The molecule has 0 aliphatic carbocycles. The van der Waals surface area contributed by atoms with Crippen LogP contribution >= 0.6 is 7.82 Å². The van der Waals surface area contributed by atoms with E-state index in [0.29, 0.717) is 6.42 Å². The van der Waals surface area contributed by atoms with Gasteiger partial charge in [0, 0.05) is 0 Å². The van der Waals surface area contributed by atoms with Crippen LogP contribution in [0, 0.1) is 0 Å². The van der Waals surface area contributed by atoms with Gasteiger partial charge in [-0.1, -0.05) is 31.9 Å². The summed E-state index contributed by atoms with van der Waals surface area (Å²) in [7, 11) is -3.56. The van der Waals surface area contributed by atoms with Gasteiger partial charge in [0.25, 0.3) is 0 Å². The van der Waals surface area contributed by atoms with Crippen molar-refractivity contribution in [2.75, 3.05) is 13.2 Å². The molecule has 0 radical (unpaired) electrons. The Bertz CT molecular complexity index is 436. The second kappa shape index (κ2) is 9.21. The van der Waals surface area contributed by atoms with Crippen molar-refractivity contribution in [1.29, 1.82) is 0 Å². The highest BCUT2D eigenvalue weighted by atomic mass is 31.2. The van der Waals surface area contributed by atoms with Gasteiger partial charge in [-0.25, -0.2) is 4.57 Å². The van der Waals surface area contributed by atoms with Crippen LogP contribution < -0.4 is 0 Å². The number of benzene rings is 1. The fourth-order valence-electron chi connectivity index (χ4n) is 1.93. The summed E-state index contributed by atoms with van der Waals surface area (Å²) in [5.41, 5.74) is 0.848. The minimum atomic E-state index is -3.56. The van der Waals surface area contributed by atoms with E-state index in [-0.39, 0.29) is 25.1 Å². The Kier molecular flexibility index (Phi) is 7.97. The van der Waals surface area contributed by atoms with E-state index < -0.39 is 7.82 Å². The molecular weight excluding hydrogens is 291 g/mol. The van der Waals surface area contributed by atoms with Crippen molar-refractivity contribution in [3.8, 4) is 5.75 Å². The molecular formula is C15H25O5P. The Morgan fingerprint density at radius 2 is 1.67 bits per heavy atom. The summed E-state index contributed by atoms with van der Waals surface area (Å²) in [6.45, 7) is 6.09. The van der Waals surface area contributed by atoms with Gasteiger partial charge in [-0.05, 0) is 38.0 Å². The van der Waals surface area contributed by atoms with Crippen LogP contribution in [-0.2, 0) is 18.1 Å². The molecule has 0 aliphatic heterocycles. The Labute approximate surface area is 126 Å². The lowest BCUT2D eigenvalue weighted by Gasteiger charge is -2.23. The average molecular weight is 316 g/mol. The van der Waals surface area contributed by atoms with Gasteiger partial charge in [0.2, 0.25) is 0 Å². The number of rotatable bonds is 10. The van der Waals surface area contributed by atoms with E-state index in [1.807, 2.05) is 0 Å².